The van der Waals surface area contributed by atoms with Crippen molar-refractivity contribution in [3.05, 3.63) is 34.1 Å². The van der Waals surface area contributed by atoms with Gasteiger partial charge in [0.2, 0.25) is 11.8 Å². The van der Waals surface area contributed by atoms with Crippen LogP contribution >= 0.6 is 0 Å². The molecule has 3 amide bonds. The van der Waals surface area contributed by atoms with Gasteiger partial charge in [-0.3, -0.25) is 34.2 Å². The first kappa shape index (κ1) is 33.7. The van der Waals surface area contributed by atoms with E-state index in [1.54, 1.807) is 44.1 Å². The standard InChI is InChI=1S/C32H43N5O8/c1-14(38)34-30(45)23-27(42)24(37(8)9)17-11-15-10-16-19(36(6)7)12-18(35-20(39)13-33-31(2,3)4)25(40)22(16)26(41)21(15)28(43)32(17,5)29(23)44/h12,15,17,24,33,40-41,44H,10-11,13H2,1-9H3,(H,35,39)(H,34,38,45)/t15-,17-,24-,32+/m0/s1. The Bertz CT molecular complexity index is 1570. The lowest BCUT2D eigenvalue weighted by Crippen LogP contribution is -2.61. The van der Waals surface area contributed by atoms with Crippen LogP contribution in [0.15, 0.2) is 23.0 Å². The molecule has 0 unspecified atom stereocenters. The number of fused-ring (bicyclic) bond motifs is 3. The molecule has 6 N–H and O–H groups in total. The van der Waals surface area contributed by atoms with Crippen LogP contribution in [0.4, 0.5) is 11.4 Å². The summed E-state index contributed by atoms with van der Waals surface area (Å²) in [4.78, 5) is 68.9. The highest BCUT2D eigenvalue weighted by Crippen LogP contribution is 2.57. The Kier molecular flexibility index (Phi) is 8.68. The number of rotatable bonds is 6. The maximum absolute atomic E-state index is 14.5. The van der Waals surface area contributed by atoms with Gasteiger partial charge in [-0.15, -0.1) is 0 Å². The second kappa shape index (κ2) is 11.6. The third kappa shape index (κ3) is 5.70. The number of nitrogens with zero attached hydrogens (tertiary/aromatic N) is 2. The third-order valence-corrected chi connectivity index (χ3v) is 8.96. The van der Waals surface area contributed by atoms with Gasteiger partial charge in [0.1, 0.15) is 22.8 Å². The number of allylic oxidation sites excluding steroid dienone is 2. The van der Waals surface area contributed by atoms with E-state index in [1.807, 2.05) is 26.1 Å². The van der Waals surface area contributed by atoms with Crippen LogP contribution in [-0.2, 0) is 30.4 Å². The van der Waals surface area contributed by atoms with Crippen molar-refractivity contribution >= 4 is 46.4 Å². The molecule has 0 aliphatic heterocycles. The predicted octanol–water partition coefficient (Wildman–Crippen LogP) is 1.81. The van der Waals surface area contributed by atoms with Gasteiger partial charge >= 0.3 is 0 Å². The monoisotopic (exact) mass is 625 g/mol. The van der Waals surface area contributed by atoms with Crippen LogP contribution in [0.3, 0.4) is 0 Å². The molecule has 0 aromatic heterocycles. The number of amides is 3. The zero-order chi connectivity index (χ0) is 33.9. The lowest BCUT2D eigenvalue weighted by molar-refractivity contribution is -0.139. The molecule has 0 bridgehead atoms. The number of Topliss-reactive ketones (excluding diaryl/α,β-unsaturated/α-hetero) is 2. The largest absolute Gasteiger partial charge is 0.510 e. The SMILES string of the molecule is CC(=O)NC(=O)C1=C(O)[C@@]2(C)C(=O)C3=C(O)c4c(O)c(NC(=O)CNC(C)(C)C)cc(N(C)C)c4C[C@H]3C[C@H]2[C@H](N(C)C)C1=O. The van der Waals surface area contributed by atoms with Crippen molar-refractivity contribution in [1.82, 2.24) is 15.5 Å². The molecule has 0 radical (unpaired) electrons. The lowest BCUT2D eigenvalue weighted by atomic mass is 9.53. The zero-order valence-corrected chi connectivity index (χ0v) is 27.2. The summed E-state index contributed by atoms with van der Waals surface area (Å²) in [5.74, 6) is -6.77. The van der Waals surface area contributed by atoms with Gasteiger partial charge in [0.15, 0.2) is 11.6 Å². The van der Waals surface area contributed by atoms with E-state index in [1.165, 1.54) is 6.92 Å². The molecule has 1 fully saturated rings. The van der Waals surface area contributed by atoms with Gasteiger partial charge in [0.25, 0.3) is 5.91 Å². The highest BCUT2D eigenvalue weighted by atomic mass is 16.3. The highest BCUT2D eigenvalue weighted by molar-refractivity contribution is 6.26. The first-order valence-corrected chi connectivity index (χ1v) is 14.8. The Labute approximate surface area is 262 Å². The molecule has 13 nitrogen and oxygen atoms in total. The number of phenolic OH excluding ortho intramolecular Hbond substituents is 1. The minimum Gasteiger partial charge on any atom is -0.510 e. The Hall–Kier alpha value is -4.23. The van der Waals surface area contributed by atoms with Crippen molar-refractivity contribution in [2.45, 2.75) is 59.0 Å². The van der Waals surface area contributed by atoms with Crippen LogP contribution in [0, 0.1) is 17.3 Å². The number of hydrogen-bond donors (Lipinski definition) is 6. The fraction of sp³-hybridized carbons (Fsp3) is 0.531. The van der Waals surface area contributed by atoms with E-state index in [0.29, 0.717) is 11.3 Å². The molecular weight excluding hydrogens is 582 g/mol. The van der Waals surface area contributed by atoms with Gasteiger partial charge in [0.05, 0.1) is 29.3 Å². The Balaban J connectivity index is 1.90. The number of carbonyl (C=O) groups excluding carboxylic acids is 5. The fourth-order valence-electron chi connectivity index (χ4n) is 6.83. The van der Waals surface area contributed by atoms with E-state index in [4.69, 9.17) is 0 Å². The summed E-state index contributed by atoms with van der Waals surface area (Å²) >= 11 is 0. The first-order chi connectivity index (χ1) is 20.7. The zero-order valence-electron chi connectivity index (χ0n) is 27.2. The maximum atomic E-state index is 14.5. The highest BCUT2D eigenvalue weighted by Gasteiger charge is 2.62. The lowest BCUT2D eigenvalue weighted by Gasteiger charge is -2.51. The third-order valence-electron chi connectivity index (χ3n) is 8.96. The van der Waals surface area contributed by atoms with Gasteiger partial charge < -0.3 is 30.9 Å². The van der Waals surface area contributed by atoms with Gasteiger partial charge in [-0.25, -0.2) is 0 Å². The van der Waals surface area contributed by atoms with Crippen molar-refractivity contribution in [1.29, 1.82) is 0 Å². The average Bonchev–Trinajstić information content (AvgIpc) is 2.89. The van der Waals surface area contributed by atoms with Crippen molar-refractivity contribution in [2.75, 3.05) is 45.0 Å². The van der Waals surface area contributed by atoms with E-state index < -0.39 is 75.4 Å². The van der Waals surface area contributed by atoms with Crippen LogP contribution in [0.5, 0.6) is 5.75 Å². The topological polar surface area (TPSA) is 189 Å². The maximum Gasteiger partial charge on any atom is 0.264 e. The van der Waals surface area contributed by atoms with Crippen LogP contribution in [0.1, 0.15) is 52.2 Å². The molecule has 4 atom stereocenters. The summed E-state index contributed by atoms with van der Waals surface area (Å²) in [6.45, 7) is 8.19. The molecule has 1 aromatic rings. The number of hydrogen-bond acceptors (Lipinski definition) is 11. The molecular formula is C32H43N5O8. The van der Waals surface area contributed by atoms with Gasteiger partial charge in [-0.2, -0.15) is 0 Å². The molecule has 13 heteroatoms. The molecule has 1 aromatic carbocycles. The number of aromatic hydroxyl groups is 1. The molecule has 3 aliphatic carbocycles. The molecule has 0 heterocycles. The minimum atomic E-state index is -1.81. The summed E-state index contributed by atoms with van der Waals surface area (Å²) in [7, 11) is 6.81. The molecule has 3 aliphatic rings. The number of carbonyl (C=O) groups is 5. The number of imide groups is 1. The molecule has 0 spiro atoms. The molecule has 0 saturated heterocycles. The van der Waals surface area contributed by atoms with Gasteiger partial charge in [0, 0.05) is 43.7 Å². The van der Waals surface area contributed by atoms with Crippen LogP contribution in [0.2, 0.25) is 0 Å². The van der Waals surface area contributed by atoms with Crippen LogP contribution in [-0.4, -0.2) is 95.8 Å². The number of nitrogens with one attached hydrogen (secondary N) is 3. The normalized spacial score (nSPS) is 24.6. The molecule has 4 rings (SSSR count). The number of aliphatic hydroxyl groups is 2. The van der Waals surface area contributed by atoms with Gasteiger partial charge in [-0.1, -0.05) is 0 Å². The summed E-state index contributed by atoms with van der Waals surface area (Å²) in [6.07, 6.45) is 0.399. The summed E-state index contributed by atoms with van der Waals surface area (Å²) < 4.78 is 0. The number of aliphatic hydroxyl groups excluding tert-OH is 2. The van der Waals surface area contributed by atoms with Crippen molar-refractivity contribution in [3.8, 4) is 5.75 Å². The Morgan fingerprint density at radius 3 is 2.22 bits per heavy atom. The van der Waals surface area contributed by atoms with Crippen LogP contribution < -0.4 is 20.9 Å². The van der Waals surface area contributed by atoms with E-state index in [0.717, 1.165) is 6.92 Å². The first-order valence-electron chi connectivity index (χ1n) is 14.8. The van der Waals surface area contributed by atoms with E-state index >= 15 is 0 Å². The number of anilines is 2. The Morgan fingerprint density at radius 2 is 1.69 bits per heavy atom. The smallest absolute Gasteiger partial charge is 0.264 e. The number of likely N-dealkylation sites (N-methyl/N-ethyl adjacent to an activating group) is 1. The number of ketones is 2. The van der Waals surface area contributed by atoms with Gasteiger partial charge in [-0.05, 0) is 72.2 Å². The average molecular weight is 626 g/mol. The van der Waals surface area contributed by atoms with E-state index in [-0.39, 0.29) is 41.7 Å². The second-order valence-electron chi connectivity index (χ2n) is 13.7. The molecule has 244 valence electrons. The van der Waals surface area contributed by atoms with Crippen LogP contribution in [0.25, 0.3) is 5.76 Å². The Morgan fingerprint density at radius 1 is 1.07 bits per heavy atom. The fourth-order valence-corrected chi connectivity index (χ4v) is 6.83. The second-order valence-corrected chi connectivity index (χ2v) is 13.7. The molecule has 1 saturated carbocycles. The summed E-state index contributed by atoms with van der Waals surface area (Å²) in [5.41, 5.74) is -1.71. The summed E-state index contributed by atoms with van der Waals surface area (Å²) in [6, 6.07) is 0.617. The molecule has 45 heavy (non-hydrogen) atoms. The summed E-state index contributed by atoms with van der Waals surface area (Å²) in [5, 5.41) is 42.4. The van der Waals surface area contributed by atoms with Crippen molar-refractivity contribution in [3.63, 3.8) is 0 Å². The number of phenols is 1. The number of benzene rings is 1. The minimum absolute atomic E-state index is 0.0176. The van der Waals surface area contributed by atoms with E-state index in [9.17, 15) is 39.3 Å². The van der Waals surface area contributed by atoms with Crippen molar-refractivity contribution < 1.29 is 39.3 Å². The van der Waals surface area contributed by atoms with E-state index in [2.05, 4.69) is 10.6 Å². The quantitative estimate of drug-likeness (QED) is 0.200. The van der Waals surface area contributed by atoms with Crippen molar-refractivity contribution in [2.24, 2.45) is 17.3 Å². The predicted molar refractivity (Wildman–Crippen MR) is 168 cm³/mol.